The fourth-order valence-electron chi connectivity index (χ4n) is 1.03. The quantitative estimate of drug-likeness (QED) is 0.773. The molecule has 0 spiro atoms. The number of rotatable bonds is 3. The molecule has 1 rings (SSSR count). The minimum absolute atomic E-state index is 0.0156. The second-order valence-electron chi connectivity index (χ2n) is 3.04. The molecule has 0 aliphatic carbocycles. The van der Waals surface area contributed by atoms with Gasteiger partial charge in [-0.1, -0.05) is 24.3 Å². The van der Waals surface area contributed by atoms with E-state index < -0.39 is 21.8 Å². The van der Waals surface area contributed by atoms with Gasteiger partial charge in [0.1, 0.15) is 0 Å². The summed E-state index contributed by atoms with van der Waals surface area (Å²) in [6.45, 7) is 0. The Morgan fingerprint density at radius 1 is 1.12 bits per heavy atom. The van der Waals surface area contributed by atoms with Gasteiger partial charge in [-0.3, -0.25) is 0 Å². The summed E-state index contributed by atoms with van der Waals surface area (Å²) in [5.74, 6) is -0.656. The van der Waals surface area contributed by atoms with E-state index in [4.69, 9.17) is 0 Å². The minimum Gasteiger partial charge on any atom is -0.223 e. The second kappa shape index (κ2) is 4.69. The van der Waals surface area contributed by atoms with Crippen LogP contribution < -0.4 is 0 Å². The van der Waals surface area contributed by atoms with Crippen LogP contribution in [0, 0.1) is 0 Å². The van der Waals surface area contributed by atoms with Crippen molar-refractivity contribution in [3.05, 3.63) is 42.5 Å². The Kier molecular flexibility index (Phi) is 3.74. The molecular weight excluding hydrogens is 241 g/mol. The molecule has 1 aromatic carbocycles. The molecule has 0 aromatic heterocycles. The number of benzene rings is 1. The van der Waals surface area contributed by atoms with Crippen molar-refractivity contribution in [3.8, 4) is 0 Å². The van der Waals surface area contributed by atoms with Crippen LogP contribution in [-0.2, 0) is 9.84 Å². The molecule has 0 bridgehead atoms. The van der Waals surface area contributed by atoms with Crippen LogP contribution in [0.5, 0.6) is 0 Å². The highest BCUT2D eigenvalue weighted by atomic mass is 32.2. The molecule has 0 aliphatic rings. The summed E-state index contributed by atoms with van der Waals surface area (Å²) < 4.78 is 58.3. The molecule has 0 amide bonds. The van der Waals surface area contributed by atoms with E-state index in [0.717, 1.165) is 0 Å². The van der Waals surface area contributed by atoms with Crippen LogP contribution in [-0.4, -0.2) is 20.3 Å². The van der Waals surface area contributed by atoms with Gasteiger partial charge >= 0.3 is 6.18 Å². The summed E-state index contributed by atoms with van der Waals surface area (Å²) in [5, 5.41) is 0. The Morgan fingerprint density at radius 3 is 2.19 bits per heavy atom. The second-order valence-corrected chi connectivity index (χ2v) is 5.07. The van der Waals surface area contributed by atoms with Gasteiger partial charge in [-0.15, -0.1) is 0 Å². The first-order valence-electron chi connectivity index (χ1n) is 4.33. The van der Waals surface area contributed by atoms with Crippen molar-refractivity contribution in [2.45, 2.75) is 11.1 Å². The SMILES string of the molecule is O=S(=O)(C/C=C/C(F)(F)F)c1ccccc1. The lowest BCUT2D eigenvalue weighted by atomic mass is 10.4. The maximum atomic E-state index is 11.8. The number of sulfone groups is 1. The topological polar surface area (TPSA) is 34.1 Å². The highest BCUT2D eigenvalue weighted by Crippen LogP contribution is 2.17. The molecule has 88 valence electrons. The average molecular weight is 250 g/mol. The van der Waals surface area contributed by atoms with Gasteiger partial charge in [0.25, 0.3) is 0 Å². The van der Waals surface area contributed by atoms with E-state index in [1.54, 1.807) is 6.07 Å². The van der Waals surface area contributed by atoms with Crippen molar-refractivity contribution in [1.29, 1.82) is 0 Å². The Labute approximate surface area is 91.3 Å². The Bertz CT molecular complexity index is 461. The standard InChI is InChI=1S/C10H9F3O2S/c11-10(12,13)7-4-8-16(14,15)9-5-2-1-3-6-9/h1-7H,8H2/b7-4+. The summed E-state index contributed by atoms with van der Waals surface area (Å²) in [6, 6.07) is 7.35. The van der Waals surface area contributed by atoms with E-state index >= 15 is 0 Å². The van der Waals surface area contributed by atoms with E-state index in [-0.39, 0.29) is 11.0 Å². The minimum atomic E-state index is -4.48. The van der Waals surface area contributed by atoms with Gasteiger partial charge in [-0.25, -0.2) is 8.42 Å². The molecule has 6 heteroatoms. The smallest absolute Gasteiger partial charge is 0.223 e. The molecule has 16 heavy (non-hydrogen) atoms. The largest absolute Gasteiger partial charge is 0.409 e. The van der Waals surface area contributed by atoms with Crippen LogP contribution in [0.3, 0.4) is 0 Å². The number of halogens is 3. The van der Waals surface area contributed by atoms with Crippen LogP contribution in [0.2, 0.25) is 0 Å². The van der Waals surface area contributed by atoms with Gasteiger partial charge in [0.05, 0.1) is 10.6 Å². The Hall–Kier alpha value is -1.30. The fraction of sp³-hybridized carbons (Fsp3) is 0.200. The Morgan fingerprint density at radius 2 is 1.69 bits per heavy atom. The third kappa shape index (κ3) is 4.06. The van der Waals surface area contributed by atoms with Gasteiger partial charge in [0, 0.05) is 6.08 Å². The maximum Gasteiger partial charge on any atom is 0.409 e. The van der Waals surface area contributed by atoms with Gasteiger partial charge < -0.3 is 0 Å². The summed E-state index contributed by atoms with van der Waals surface area (Å²) in [7, 11) is -3.67. The van der Waals surface area contributed by atoms with Crippen LogP contribution in [0.4, 0.5) is 13.2 Å². The van der Waals surface area contributed by atoms with Crippen LogP contribution in [0.1, 0.15) is 0 Å². The van der Waals surface area contributed by atoms with Gasteiger partial charge in [0.2, 0.25) is 0 Å². The lowest BCUT2D eigenvalue weighted by Gasteiger charge is -2.01. The number of hydrogen-bond acceptors (Lipinski definition) is 2. The number of allylic oxidation sites excluding steroid dienone is 1. The zero-order valence-corrected chi connectivity index (χ0v) is 8.92. The third-order valence-corrected chi connectivity index (χ3v) is 3.35. The zero-order chi connectivity index (χ0) is 12.2. The molecule has 0 fully saturated rings. The molecule has 2 nitrogen and oxygen atoms in total. The van der Waals surface area contributed by atoms with Crippen molar-refractivity contribution >= 4 is 9.84 Å². The normalized spacial score (nSPS) is 13.2. The molecule has 0 saturated carbocycles. The van der Waals surface area contributed by atoms with Crippen molar-refractivity contribution in [3.63, 3.8) is 0 Å². The predicted octanol–water partition coefficient (Wildman–Crippen LogP) is 2.58. The summed E-state index contributed by atoms with van der Waals surface area (Å²) in [4.78, 5) is 0.0156. The molecular formula is C10H9F3O2S. The van der Waals surface area contributed by atoms with E-state index in [9.17, 15) is 21.6 Å². The fourth-order valence-corrected chi connectivity index (χ4v) is 2.15. The molecule has 0 N–H and O–H groups in total. The van der Waals surface area contributed by atoms with Crippen molar-refractivity contribution in [2.24, 2.45) is 0 Å². The van der Waals surface area contributed by atoms with Crippen LogP contribution in [0.15, 0.2) is 47.4 Å². The monoisotopic (exact) mass is 250 g/mol. The van der Waals surface area contributed by atoms with Crippen LogP contribution >= 0.6 is 0 Å². The van der Waals surface area contributed by atoms with Gasteiger partial charge in [-0.2, -0.15) is 13.2 Å². The molecule has 0 heterocycles. The molecule has 0 saturated heterocycles. The van der Waals surface area contributed by atoms with E-state index in [0.29, 0.717) is 6.08 Å². The highest BCUT2D eigenvalue weighted by Gasteiger charge is 2.22. The lowest BCUT2D eigenvalue weighted by Crippen LogP contribution is -2.07. The molecule has 0 radical (unpaired) electrons. The van der Waals surface area contributed by atoms with E-state index in [1.165, 1.54) is 24.3 Å². The first-order chi connectivity index (χ1) is 7.31. The van der Waals surface area contributed by atoms with Crippen molar-refractivity contribution in [2.75, 3.05) is 5.75 Å². The van der Waals surface area contributed by atoms with E-state index in [1.807, 2.05) is 0 Å². The predicted molar refractivity (Wildman–Crippen MR) is 53.7 cm³/mol. The molecule has 0 unspecified atom stereocenters. The Balaban J connectivity index is 2.79. The maximum absolute atomic E-state index is 11.8. The average Bonchev–Trinajstić information content (AvgIpc) is 2.17. The highest BCUT2D eigenvalue weighted by molar-refractivity contribution is 7.91. The summed E-state index contributed by atoms with van der Waals surface area (Å²) in [6.07, 6.45) is -3.96. The van der Waals surface area contributed by atoms with Crippen LogP contribution in [0.25, 0.3) is 0 Å². The third-order valence-electron chi connectivity index (χ3n) is 1.72. The number of hydrogen-bond donors (Lipinski definition) is 0. The first-order valence-corrected chi connectivity index (χ1v) is 5.99. The molecule has 1 aromatic rings. The van der Waals surface area contributed by atoms with E-state index in [2.05, 4.69) is 0 Å². The molecule has 0 aliphatic heterocycles. The van der Waals surface area contributed by atoms with Gasteiger partial charge in [-0.05, 0) is 12.1 Å². The first kappa shape index (κ1) is 12.8. The summed E-state index contributed by atoms with van der Waals surface area (Å²) in [5.41, 5.74) is 0. The molecule has 0 atom stereocenters. The van der Waals surface area contributed by atoms with Crippen molar-refractivity contribution in [1.82, 2.24) is 0 Å². The lowest BCUT2D eigenvalue weighted by molar-refractivity contribution is -0.0799. The number of alkyl halides is 3. The van der Waals surface area contributed by atoms with Gasteiger partial charge in [0.15, 0.2) is 9.84 Å². The summed E-state index contributed by atoms with van der Waals surface area (Å²) >= 11 is 0. The van der Waals surface area contributed by atoms with Crippen molar-refractivity contribution < 1.29 is 21.6 Å². The zero-order valence-electron chi connectivity index (χ0n) is 8.11.